The van der Waals surface area contributed by atoms with E-state index >= 15 is 0 Å². The first-order valence-electron chi connectivity index (χ1n) is 5.90. The molecule has 6 N–H and O–H groups in total. The summed E-state index contributed by atoms with van der Waals surface area (Å²) < 4.78 is 15.2. The van der Waals surface area contributed by atoms with Crippen molar-refractivity contribution in [3.05, 3.63) is 0 Å². The maximum atomic E-state index is 9.63. The number of aliphatic hydroxyl groups excluding tert-OH is 6. The molecule has 0 aromatic rings. The molecule has 9 heteroatoms. The highest BCUT2D eigenvalue weighted by Crippen LogP contribution is 2.28. The first-order chi connectivity index (χ1) is 8.99. The Morgan fingerprint density at radius 3 is 1.32 bits per heavy atom. The average molecular weight is 282 g/mol. The molecule has 2 rings (SSSR count). The largest absolute Gasteiger partial charge is 0.394 e. The molecule has 0 radical (unpaired) electrons. The molecule has 9 nitrogen and oxygen atoms in total. The molecule has 2 aliphatic rings. The predicted octanol–water partition coefficient (Wildman–Crippen LogP) is -4.12. The van der Waals surface area contributed by atoms with E-state index in [1.165, 1.54) is 0 Å². The maximum Gasteiger partial charge on any atom is 0.189 e. The van der Waals surface area contributed by atoms with Gasteiger partial charge in [-0.1, -0.05) is 0 Å². The van der Waals surface area contributed by atoms with Gasteiger partial charge in [0.25, 0.3) is 0 Å². The highest BCUT2D eigenvalue weighted by atomic mass is 16.8. The van der Waals surface area contributed by atoms with Crippen molar-refractivity contribution < 1.29 is 44.8 Å². The second-order valence-corrected chi connectivity index (χ2v) is 4.55. The van der Waals surface area contributed by atoms with Gasteiger partial charge in [0.05, 0.1) is 13.2 Å². The molecule has 0 aliphatic carbocycles. The number of ether oxygens (including phenoxy) is 3. The Bertz CT molecular complexity index is 273. The lowest BCUT2D eigenvalue weighted by atomic mass is 10.1. The minimum Gasteiger partial charge on any atom is -0.394 e. The molecular weight excluding hydrogens is 264 g/mol. The van der Waals surface area contributed by atoms with Gasteiger partial charge in [-0.25, -0.2) is 0 Å². The molecule has 0 spiro atoms. The maximum absolute atomic E-state index is 9.63. The summed E-state index contributed by atoms with van der Waals surface area (Å²) in [6.45, 7) is -1.01. The minimum atomic E-state index is -1.42. The quantitative estimate of drug-likeness (QED) is 0.302. The molecule has 1 unspecified atom stereocenters. The van der Waals surface area contributed by atoms with E-state index in [-0.39, 0.29) is 0 Å². The van der Waals surface area contributed by atoms with E-state index in [4.69, 9.17) is 24.4 Å². The van der Waals surface area contributed by atoms with Gasteiger partial charge in [-0.3, -0.25) is 0 Å². The monoisotopic (exact) mass is 282 g/mol. The molecule has 2 heterocycles. The van der Waals surface area contributed by atoms with Crippen molar-refractivity contribution in [3.8, 4) is 0 Å². The Labute approximate surface area is 108 Å². The zero-order chi connectivity index (χ0) is 14.2. The van der Waals surface area contributed by atoms with E-state index in [0.29, 0.717) is 0 Å². The topological polar surface area (TPSA) is 149 Å². The van der Waals surface area contributed by atoms with Crippen LogP contribution in [0.5, 0.6) is 0 Å². The Morgan fingerprint density at radius 2 is 1.05 bits per heavy atom. The SMILES string of the molecule is OC[C@@H]1O[C@H](OC2O[C@H](CO)[C@@H](O)[C@H]2O)[C@@H](O)[C@H]1O. The molecular formula is C10H18O9. The van der Waals surface area contributed by atoms with E-state index in [1.807, 2.05) is 0 Å². The second kappa shape index (κ2) is 5.95. The Morgan fingerprint density at radius 1 is 0.684 bits per heavy atom. The van der Waals surface area contributed by atoms with Crippen LogP contribution in [0.15, 0.2) is 0 Å². The fraction of sp³-hybridized carbons (Fsp3) is 1.00. The summed E-state index contributed by atoms with van der Waals surface area (Å²) in [6.07, 6.45) is -10.1. The summed E-state index contributed by atoms with van der Waals surface area (Å²) >= 11 is 0. The molecule has 2 aliphatic heterocycles. The van der Waals surface area contributed by atoms with Gasteiger partial charge in [0.1, 0.15) is 36.6 Å². The van der Waals surface area contributed by atoms with Crippen LogP contribution in [0.1, 0.15) is 0 Å². The number of rotatable bonds is 4. The highest BCUT2D eigenvalue weighted by molar-refractivity contribution is 4.90. The van der Waals surface area contributed by atoms with Gasteiger partial charge in [0.15, 0.2) is 12.6 Å². The fourth-order valence-corrected chi connectivity index (χ4v) is 2.09. The summed E-state index contributed by atoms with van der Waals surface area (Å²) in [7, 11) is 0. The summed E-state index contributed by atoms with van der Waals surface area (Å²) in [6, 6.07) is 0. The molecule has 0 bridgehead atoms. The third-order valence-corrected chi connectivity index (χ3v) is 3.27. The van der Waals surface area contributed by atoms with Gasteiger partial charge in [-0.15, -0.1) is 0 Å². The van der Waals surface area contributed by atoms with Gasteiger partial charge in [-0.2, -0.15) is 0 Å². The second-order valence-electron chi connectivity index (χ2n) is 4.55. The van der Waals surface area contributed by atoms with Crippen molar-refractivity contribution in [1.82, 2.24) is 0 Å². The molecule has 2 fully saturated rings. The summed E-state index contributed by atoms with van der Waals surface area (Å²) in [5.74, 6) is 0. The first-order valence-corrected chi connectivity index (χ1v) is 5.90. The van der Waals surface area contributed by atoms with Crippen molar-refractivity contribution in [2.75, 3.05) is 13.2 Å². The number of hydrogen-bond donors (Lipinski definition) is 6. The normalized spacial score (nSPS) is 50.8. The number of hydrogen-bond acceptors (Lipinski definition) is 9. The Hall–Kier alpha value is -0.360. The van der Waals surface area contributed by atoms with Crippen LogP contribution in [0.4, 0.5) is 0 Å². The zero-order valence-electron chi connectivity index (χ0n) is 9.94. The van der Waals surface area contributed by atoms with E-state index in [9.17, 15) is 20.4 Å². The van der Waals surface area contributed by atoms with Crippen molar-refractivity contribution >= 4 is 0 Å². The van der Waals surface area contributed by atoms with Crippen LogP contribution in [-0.2, 0) is 14.2 Å². The number of aliphatic hydroxyl groups is 6. The van der Waals surface area contributed by atoms with Crippen LogP contribution >= 0.6 is 0 Å². The predicted molar refractivity (Wildman–Crippen MR) is 56.6 cm³/mol. The van der Waals surface area contributed by atoms with Crippen LogP contribution in [0.3, 0.4) is 0 Å². The van der Waals surface area contributed by atoms with Crippen molar-refractivity contribution in [2.45, 2.75) is 49.2 Å². The van der Waals surface area contributed by atoms with Crippen LogP contribution in [0, 0.1) is 0 Å². The van der Waals surface area contributed by atoms with Gasteiger partial charge in [0, 0.05) is 0 Å². The first kappa shape index (κ1) is 15.0. The third kappa shape index (κ3) is 2.75. The standard InChI is InChI=1S/C10H18O9/c11-1-3-5(13)7(15)9(17-3)19-10-8(16)6(14)4(2-12)18-10/h3-16H,1-2H2/t3-,4+,5-,6+,7-,8+,9+,10?/m0/s1. The lowest BCUT2D eigenvalue weighted by Gasteiger charge is -2.22. The summed E-state index contributed by atoms with van der Waals surface area (Å²) in [4.78, 5) is 0. The summed E-state index contributed by atoms with van der Waals surface area (Å²) in [5.41, 5.74) is 0. The van der Waals surface area contributed by atoms with E-state index in [1.54, 1.807) is 0 Å². The van der Waals surface area contributed by atoms with Crippen molar-refractivity contribution in [1.29, 1.82) is 0 Å². The van der Waals surface area contributed by atoms with Gasteiger partial charge in [-0.05, 0) is 0 Å². The Balaban J connectivity index is 1.95. The summed E-state index contributed by atoms with van der Waals surface area (Å²) in [5, 5.41) is 56.1. The van der Waals surface area contributed by atoms with Crippen molar-refractivity contribution in [2.24, 2.45) is 0 Å². The molecule has 19 heavy (non-hydrogen) atoms. The fourth-order valence-electron chi connectivity index (χ4n) is 2.09. The Kier molecular flexibility index (Phi) is 4.71. The minimum absolute atomic E-state index is 0.506. The van der Waals surface area contributed by atoms with Crippen LogP contribution in [0.2, 0.25) is 0 Å². The van der Waals surface area contributed by atoms with E-state index in [0.717, 1.165) is 0 Å². The molecule has 112 valence electrons. The van der Waals surface area contributed by atoms with Crippen LogP contribution < -0.4 is 0 Å². The molecule has 0 saturated carbocycles. The van der Waals surface area contributed by atoms with Crippen LogP contribution in [-0.4, -0.2) is 93.1 Å². The highest BCUT2D eigenvalue weighted by Gasteiger charge is 2.49. The molecule has 0 aromatic heterocycles. The lowest BCUT2D eigenvalue weighted by molar-refractivity contribution is -0.269. The average Bonchev–Trinajstić information content (AvgIpc) is 2.83. The zero-order valence-corrected chi connectivity index (χ0v) is 9.94. The van der Waals surface area contributed by atoms with Gasteiger partial charge >= 0.3 is 0 Å². The van der Waals surface area contributed by atoms with Gasteiger partial charge < -0.3 is 44.8 Å². The van der Waals surface area contributed by atoms with E-state index < -0.39 is 62.4 Å². The van der Waals surface area contributed by atoms with Crippen molar-refractivity contribution in [3.63, 3.8) is 0 Å². The third-order valence-electron chi connectivity index (χ3n) is 3.27. The molecule has 0 amide bonds. The molecule has 0 aromatic carbocycles. The lowest BCUT2D eigenvalue weighted by Crippen LogP contribution is -2.40. The molecule has 2 saturated heterocycles. The van der Waals surface area contributed by atoms with E-state index in [2.05, 4.69) is 0 Å². The van der Waals surface area contributed by atoms with Crippen LogP contribution in [0.25, 0.3) is 0 Å². The molecule has 8 atom stereocenters. The smallest absolute Gasteiger partial charge is 0.189 e. The van der Waals surface area contributed by atoms with Gasteiger partial charge in [0.2, 0.25) is 0 Å².